The molecule has 8 nitrogen and oxygen atoms in total. The van der Waals surface area contributed by atoms with Gasteiger partial charge in [0.25, 0.3) is 5.69 Å². The van der Waals surface area contributed by atoms with E-state index >= 15 is 0 Å². The molecule has 0 saturated carbocycles. The normalized spacial score (nSPS) is 11.7. The molecule has 0 aliphatic heterocycles. The minimum atomic E-state index is -4.81. The molecule has 3 aromatic carbocycles. The first-order valence-corrected chi connectivity index (χ1v) is 9.55. The summed E-state index contributed by atoms with van der Waals surface area (Å²) in [5.74, 6) is 0.00350. The molecule has 33 heavy (non-hydrogen) atoms. The van der Waals surface area contributed by atoms with E-state index < -0.39 is 11.3 Å². The van der Waals surface area contributed by atoms with Crippen LogP contribution in [0.2, 0.25) is 0 Å². The highest BCUT2D eigenvalue weighted by Gasteiger charge is 2.31. The highest BCUT2D eigenvalue weighted by Crippen LogP contribution is 2.31. The van der Waals surface area contributed by atoms with Crippen molar-refractivity contribution in [2.75, 3.05) is 0 Å². The van der Waals surface area contributed by atoms with Gasteiger partial charge in [-0.25, -0.2) is 15.0 Å². The highest BCUT2D eigenvalue weighted by atomic mass is 19.4. The number of halogens is 3. The number of aromatic nitrogens is 4. The zero-order chi connectivity index (χ0) is 23.2. The molecule has 0 aliphatic carbocycles. The first-order chi connectivity index (χ1) is 15.8. The Morgan fingerprint density at radius 3 is 2.09 bits per heavy atom. The maximum absolute atomic E-state index is 12.5. The van der Waals surface area contributed by atoms with Crippen molar-refractivity contribution in [2.24, 2.45) is 0 Å². The number of nitro benzene ring substituents is 1. The van der Waals surface area contributed by atoms with Crippen molar-refractivity contribution in [3.63, 3.8) is 0 Å². The molecule has 0 amide bonds. The van der Waals surface area contributed by atoms with Gasteiger partial charge in [-0.05, 0) is 48.5 Å². The number of hydrogen-bond donors (Lipinski definition) is 0. The van der Waals surface area contributed by atoms with Crippen LogP contribution in [0.3, 0.4) is 0 Å². The molecule has 0 saturated heterocycles. The Hall–Kier alpha value is -4.54. The van der Waals surface area contributed by atoms with Crippen LogP contribution in [0.4, 0.5) is 18.9 Å². The molecule has 0 atom stereocenters. The second-order valence-electron chi connectivity index (χ2n) is 6.98. The fourth-order valence-corrected chi connectivity index (χ4v) is 3.42. The fraction of sp³-hybridized carbons (Fsp3) is 0.0455. The number of nitro groups is 1. The first-order valence-electron chi connectivity index (χ1n) is 9.55. The van der Waals surface area contributed by atoms with Crippen molar-refractivity contribution in [3.8, 4) is 22.8 Å². The van der Waals surface area contributed by atoms with Gasteiger partial charge in [-0.1, -0.05) is 12.1 Å². The number of nitrogens with zero attached hydrogens (tertiary/aromatic N) is 5. The third-order valence-corrected chi connectivity index (χ3v) is 4.83. The van der Waals surface area contributed by atoms with Gasteiger partial charge < -0.3 is 4.74 Å². The van der Waals surface area contributed by atoms with Crippen LogP contribution < -0.4 is 4.74 Å². The van der Waals surface area contributed by atoms with Crippen molar-refractivity contribution in [1.82, 2.24) is 19.5 Å². The summed E-state index contributed by atoms with van der Waals surface area (Å²) in [4.78, 5) is 24.3. The van der Waals surface area contributed by atoms with E-state index in [1.807, 2.05) is 12.1 Å². The summed E-state index contributed by atoms with van der Waals surface area (Å²) < 4.78 is 43.2. The van der Waals surface area contributed by atoms with E-state index in [9.17, 15) is 23.3 Å². The predicted molar refractivity (Wildman–Crippen MR) is 113 cm³/mol. The van der Waals surface area contributed by atoms with Gasteiger partial charge in [0, 0.05) is 23.4 Å². The van der Waals surface area contributed by atoms with Crippen molar-refractivity contribution in [2.45, 2.75) is 6.36 Å². The zero-order valence-electron chi connectivity index (χ0n) is 16.5. The lowest BCUT2D eigenvalue weighted by atomic mass is 10.2. The minimum absolute atomic E-state index is 0.0861. The topological polar surface area (TPSA) is 96.0 Å². The number of alkyl halides is 3. The maximum atomic E-state index is 12.5. The number of fused-ring (bicyclic) bond motifs is 2. The number of benzene rings is 3. The smallest absolute Gasteiger partial charge is 0.406 e. The van der Waals surface area contributed by atoms with Gasteiger partial charge in [-0.2, -0.15) is 0 Å². The lowest BCUT2D eigenvalue weighted by Crippen LogP contribution is -2.17. The number of hydrogen-bond acceptors (Lipinski definition) is 6. The molecule has 5 rings (SSSR count). The molecule has 2 heterocycles. The van der Waals surface area contributed by atoms with Gasteiger partial charge in [0.15, 0.2) is 11.3 Å². The molecule has 0 radical (unpaired) electrons. The molecule has 0 fully saturated rings. The summed E-state index contributed by atoms with van der Waals surface area (Å²) in [7, 11) is 0. The maximum Gasteiger partial charge on any atom is 0.573 e. The molecule has 5 aromatic rings. The van der Waals surface area contributed by atoms with Crippen LogP contribution in [0.15, 0.2) is 72.8 Å². The molecule has 0 bridgehead atoms. The van der Waals surface area contributed by atoms with Crippen LogP contribution in [0.1, 0.15) is 0 Å². The lowest BCUT2D eigenvalue weighted by Gasteiger charge is -2.12. The van der Waals surface area contributed by atoms with E-state index in [1.54, 1.807) is 16.7 Å². The van der Waals surface area contributed by atoms with Crippen molar-refractivity contribution in [3.05, 3.63) is 82.9 Å². The Morgan fingerprint density at radius 1 is 0.848 bits per heavy atom. The van der Waals surface area contributed by atoms with Crippen LogP contribution >= 0.6 is 0 Å². The Balaban J connectivity index is 1.71. The summed E-state index contributed by atoms with van der Waals surface area (Å²) in [5.41, 5.74) is 2.85. The van der Waals surface area contributed by atoms with Crippen LogP contribution in [0.25, 0.3) is 39.4 Å². The quantitative estimate of drug-likeness (QED) is 0.267. The molecule has 0 N–H and O–H groups in total. The molecular formula is C22H12F3N5O3. The van der Waals surface area contributed by atoms with E-state index in [4.69, 9.17) is 0 Å². The van der Waals surface area contributed by atoms with E-state index in [2.05, 4.69) is 19.7 Å². The molecule has 2 aromatic heterocycles. The van der Waals surface area contributed by atoms with Crippen molar-refractivity contribution >= 4 is 28.0 Å². The highest BCUT2D eigenvalue weighted by molar-refractivity contribution is 5.86. The van der Waals surface area contributed by atoms with Crippen molar-refractivity contribution in [1.29, 1.82) is 0 Å². The van der Waals surface area contributed by atoms with Crippen LogP contribution in [0, 0.1) is 10.1 Å². The Kier molecular flexibility index (Phi) is 4.66. The average Bonchev–Trinajstić information content (AvgIpc) is 3.15. The summed E-state index contributed by atoms with van der Waals surface area (Å²) >= 11 is 0. The first kappa shape index (κ1) is 20.4. The van der Waals surface area contributed by atoms with Gasteiger partial charge in [0.05, 0.1) is 16.0 Å². The molecule has 164 valence electrons. The number of ether oxygens (including phenoxy) is 1. The standard InChI is InChI=1S/C22H12F3N5O3/c23-22(24,25)33-16-11-9-14(10-12-16)29-20(13-5-7-15(8-6-13)30(31)32)28-19-21(29)27-18-4-2-1-3-17(18)26-19/h1-12H. The van der Waals surface area contributed by atoms with E-state index in [1.165, 1.54) is 48.5 Å². The molecule has 0 unspecified atom stereocenters. The fourth-order valence-electron chi connectivity index (χ4n) is 3.42. The number of non-ortho nitro benzene ring substituents is 1. The molecule has 0 spiro atoms. The predicted octanol–water partition coefficient (Wildman–Crippen LogP) is 5.44. The Labute approximate surface area is 183 Å². The van der Waals surface area contributed by atoms with Crippen LogP contribution in [-0.2, 0) is 0 Å². The second-order valence-corrected chi connectivity index (χ2v) is 6.98. The van der Waals surface area contributed by atoms with Gasteiger partial charge in [0.1, 0.15) is 11.6 Å². The van der Waals surface area contributed by atoms with Crippen LogP contribution in [0.5, 0.6) is 5.75 Å². The minimum Gasteiger partial charge on any atom is -0.406 e. The van der Waals surface area contributed by atoms with E-state index in [-0.39, 0.29) is 11.4 Å². The Bertz CT molecular complexity index is 1500. The van der Waals surface area contributed by atoms with Gasteiger partial charge in [0.2, 0.25) is 0 Å². The van der Waals surface area contributed by atoms with E-state index in [0.717, 1.165) is 0 Å². The summed E-state index contributed by atoms with van der Waals surface area (Å²) in [6.07, 6.45) is -4.81. The third kappa shape index (κ3) is 3.91. The van der Waals surface area contributed by atoms with Gasteiger partial charge in [-0.15, -0.1) is 13.2 Å². The summed E-state index contributed by atoms with van der Waals surface area (Å²) in [5, 5.41) is 11.0. The summed E-state index contributed by atoms with van der Waals surface area (Å²) in [6.45, 7) is 0. The average molecular weight is 451 g/mol. The van der Waals surface area contributed by atoms with Gasteiger partial charge in [-0.3, -0.25) is 14.7 Å². The van der Waals surface area contributed by atoms with Gasteiger partial charge >= 0.3 is 6.36 Å². The molecular weight excluding hydrogens is 439 g/mol. The number of imidazole rings is 1. The van der Waals surface area contributed by atoms with Crippen LogP contribution in [-0.4, -0.2) is 30.8 Å². The zero-order valence-corrected chi connectivity index (χ0v) is 16.5. The SMILES string of the molecule is O=[N+]([O-])c1ccc(-c2nc3nc4ccccc4nc3n2-c2ccc(OC(F)(F)F)cc2)cc1. The van der Waals surface area contributed by atoms with Crippen molar-refractivity contribution < 1.29 is 22.8 Å². The number of para-hydroxylation sites is 2. The molecule has 0 aliphatic rings. The third-order valence-electron chi connectivity index (χ3n) is 4.83. The largest absolute Gasteiger partial charge is 0.573 e. The van der Waals surface area contributed by atoms with E-state index in [0.29, 0.717) is 39.4 Å². The summed E-state index contributed by atoms with van der Waals surface area (Å²) in [6, 6.07) is 18.2. The number of rotatable bonds is 4. The lowest BCUT2D eigenvalue weighted by molar-refractivity contribution is -0.384. The monoisotopic (exact) mass is 451 g/mol. The second kappa shape index (κ2) is 7.55. The molecule has 11 heteroatoms. The Morgan fingerprint density at radius 2 is 1.48 bits per heavy atom.